The van der Waals surface area contributed by atoms with Gasteiger partial charge in [-0.25, -0.2) is 4.99 Å². The van der Waals surface area contributed by atoms with Crippen molar-refractivity contribution in [1.29, 1.82) is 0 Å². The fraction of sp³-hybridized carbons (Fsp3) is 0.160. The Morgan fingerprint density at radius 1 is 0.971 bits per heavy atom. The van der Waals surface area contributed by atoms with E-state index in [-0.39, 0.29) is 29.5 Å². The number of rotatable bonds is 4. The number of thiazole rings is 1. The summed E-state index contributed by atoms with van der Waals surface area (Å²) in [6.45, 7) is 2.68. The highest BCUT2D eigenvalue weighted by atomic mass is 79.9. The van der Waals surface area contributed by atoms with E-state index in [1.807, 2.05) is 59.3 Å². The quantitative estimate of drug-likeness (QED) is 0.272. The van der Waals surface area contributed by atoms with Gasteiger partial charge in [-0.1, -0.05) is 42.0 Å². The van der Waals surface area contributed by atoms with Gasteiger partial charge in [0.2, 0.25) is 6.79 Å². The summed E-state index contributed by atoms with van der Waals surface area (Å²) in [6.07, 6.45) is -4.42. The van der Waals surface area contributed by atoms with Crippen LogP contribution in [0.3, 0.4) is 0 Å². The zero-order chi connectivity index (χ0) is 23.0. The Labute approximate surface area is 208 Å². The Bertz CT molecular complexity index is 1380. The molecule has 34 heavy (non-hydrogen) atoms. The number of hydrogen-bond acceptors (Lipinski definition) is 4. The number of halogens is 4. The molecule has 4 aromatic rings. The zero-order valence-electron chi connectivity index (χ0n) is 18.0. The van der Waals surface area contributed by atoms with E-state index in [1.165, 1.54) is 17.4 Å². The molecule has 3 aromatic carbocycles. The average molecular weight is 549 g/mol. The van der Waals surface area contributed by atoms with Crippen molar-refractivity contribution in [2.45, 2.75) is 19.6 Å². The molecule has 0 spiro atoms. The van der Waals surface area contributed by atoms with E-state index < -0.39 is 11.7 Å². The van der Waals surface area contributed by atoms with Gasteiger partial charge in [-0.05, 0) is 48.4 Å². The molecule has 0 unspecified atom stereocenters. The van der Waals surface area contributed by atoms with Crippen molar-refractivity contribution in [3.05, 3.63) is 93.6 Å². The molecule has 9 heteroatoms. The molecule has 0 amide bonds. The molecule has 1 aromatic heterocycles. The van der Waals surface area contributed by atoms with Crippen LogP contribution >= 0.6 is 28.3 Å². The monoisotopic (exact) mass is 548 g/mol. The van der Waals surface area contributed by atoms with Crippen LogP contribution in [0.5, 0.6) is 11.5 Å². The van der Waals surface area contributed by atoms with Crippen LogP contribution in [-0.4, -0.2) is 11.4 Å². The molecule has 0 bridgehead atoms. The number of alkyl halides is 3. The van der Waals surface area contributed by atoms with Crippen LogP contribution in [0.25, 0.3) is 11.3 Å². The van der Waals surface area contributed by atoms with Gasteiger partial charge in [-0.15, -0.1) is 28.3 Å². The number of benzene rings is 3. The first kappa shape index (κ1) is 24.1. The minimum Gasteiger partial charge on any atom is -0.454 e. The maximum Gasteiger partial charge on any atom is 0.416 e. The van der Waals surface area contributed by atoms with E-state index in [2.05, 4.69) is 4.99 Å². The van der Waals surface area contributed by atoms with Gasteiger partial charge in [0.25, 0.3) is 0 Å². The topological polar surface area (TPSA) is 35.8 Å². The van der Waals surface area contributed by atoms with Crippen LogP contribution in [-0.2, 0) is 12.7 Å². The van der Waals surface area contributed by atoms with Crippen molar-refractivity contribution in [3.63, 3.8) is 0 Å². The van der Waals surface area contributed by atoms with E-state index in [1.54, 1.807) is 6.07 Å². The van der Waals surface area contributed by atoms with Crippen LogP contribution in [0.15, 0.2) is 77.1 Å². The van der Waals surface area contributed by atoms with Gasteiger partial charge in [0, 0.05) is 5.38 Å². The molecule has 4 nitrogen and oxygen atoms in total. The maximum absolute atomic E-state index is 13.2. The molecule has 2 heterocycles. The second kappa shape index (κ2) is 9.68. The Morgan fingerprint density at radius 2 is 1.74 bits per heavy atom. The van der Waals surface area contributed by atoms with Crippen LogP contribution in [0.1, 0.15) is 16.7 Å². The highest BCUT2D eigenvalue weighted by Crippen LogP contribution is 2.34. The lowest BCUT2D eigenvalue weighted by Crippen LogP contribution is -2.16. The number of nitrogens with zero attached hydrogens (tertiary/aromatic N) is 2. The Morgan fingerprint density at radius 3 is 2.50 bits per heavy atom. The normalized spacial score (nSPS) is 13.1. The Balaban J connectivity index is 0.00000274. The number of hydrogen-bond donors (Lipinski definition) is 0. The fourth-order valence-corrected chi connectivity index (χ4v) is 4.54. The van der Waals surface area contributed by atoms with Gasteiger partial charge < -0.3 is 14.0 Å². The molecule has 176 valence electrons. The second-order valence-corrected chi connectivity index (χ2v) is 8.54. The number of ether oxygens (including phenoxy) is 2. The highest BCUT2D eigenvalue weighted by molar-refractivity contribution is 8.93. The number of aromatic nitrogens is 1. The van der Waals surface area contributed by atoms with E-state index >= 15 is 0 Å². The summed E-state index contributed by atoms with van der Waals surface area (Å²) in [7, 11) is 0. The second-order valence-electron chi connectivity index (χ2n) is 7.70. The third-order valence-electron chi connectivity index (χ3n) is 5.32. The minimum absolute atomic E-state index is 0. The molecule has 0 aliphatic carbocycles. The van der Waals surface area contributed by atoms with Crippen molar-refractivity contribution in [2.24, 2.45) is 4.99 Å². The van der Waals surface area contributed by atoms with Crippen molar-refractivity contribution < 1.29 is 22.6 Å². The van der Waals surface area contributed by atoms with Crippen molar-refractivity contribution in [3.8, 4) is 22.8 Å². The van der Waals surface area contributed by atoms with Gasteiger partial charge in [-0.3, -0.25) is 0 Å². The minimum atomic E-state index is -4.42. The van der Waals surface area contributed by atoms with E-state index in [9.17, 15) is 13.2 Å². The SMILES string of the molecule is Br.Cc1ccc(-c2csc(=Nc3cccc(C(F)(F)F)c3)n2Cc2ccc3c(c2)OCO3)cc1. The molecule has 0 saturated carbocycles. The number of fused-ring (bicyclic) bond motifs is 1. The van der Waals surface area contributed by atoms with Crippen LogP contribution < -0.4 is 14.3 Å². The largest absolute Gasteiger partial charge is 0.454 e. The van der Waals surface area contributed by atoms with Gasteiger partial charge in [0.15, 0.2) is 16.3 Å². The average Bonchev–Trinajstić information content (AvgIpc) is 3.41. The fourth-order valence-electron chi connectivity index (χ4n) is 3.61. The third-order valence-corrected chi connectivity index (χ3v) is 6.18. The molecule has 0 saturated heterocycles. The summed E-state index contributed by atoms with van der Waals surface area (Å²) in [4.78, 5) is 5.17. The van der Waals surface area contributed by atoms with Gasteiger partial charge >= 0.3 is 6.18 Å². The predicted octanol–water partition coefficient (Wildman–Crippen LogP) is 7.13. The van der Waals surface area contributed by atoms with Crippen molar-refractivity contribution in [1.82, 2.24) is 4.57 Å². The van der Waals surface area contributed by atoms with Gasteiger partial charge in [0.05, 0.1) is 23.5 Å². The first-order valence-corrected chi connectivity index (χ1v) is 11.1. The van der Waals surface area contributed by atoms with Crippen molar-refractivity contribution >= 4 is 34.0 Å². The molecule has 1 aliphatic heterocycles. The summed E-state index contributed by atoms with van der Waals surface area (Å²) >= 11 is 1.39. The van der Waals surface area contributed by atoms with E-state index in [0.717, 1.165) is 34.5 Å². The smallest absolute Gasteiger partial charge is 0.416 e. The lowest BCUT2D eigenvalue weighted by Gasteiger charge is -2.11. The lowest BCUT2D eigenvalue weighted by atomic mass is 10.1. The highest BCUT2D eigenvalue weighted by Gasteiger charge is 2.30. The van der Waals surface area contributed by atoms with E-state index in [0.29, 0.717) is 22.8 Å². The molecular formula is C25H20BrF3N2O2S. The Hall–Kier alpha value is -3.04. The summed E-state index contributed by atoms with van der Waals surface area (Å²) in [5, 5.41) is 1.98. The molecule has 0 N–H and O–H groups in total. The Kier molecular flexibility index (Phi) is 6.86. The molecule has 0 atom stereocenters. The van der Waals surface area contributed by atoms with Crippen LogP contribution in [0.2, 0.25) is 0 Å². The molecule has 5 rings (SSSR count). The summed E-state index contributed by atoms with van der Waals surface area (Å²) < 4.78 is 52.4. The van der Waals surface area contributed by atoms with Gasteiger partial charge in [0.1, 0.15) is 0 Å². The van der Waals surface area contributed by atoms with E-state index in [4.69, 9.17) is 9.47 Å². The molecule has 1 aliphatic rings. The molecule has 0 radical (unpaired) electrons. The van der Waals surface area contributed by atoms with Gasteiger partial charge in [-0.2, -0.15) is 13.2 Å². The van der Waals surface area contributed by atoms with Crippen molar-refractivity contribution in [2.75, 3.05) is 6.79 Å². The summed E-state index contributed by atoms with van der Waals surface area (Å²) in [5.41, 5.74) is 3.58. The standard InChI is InChI=1S/C25H19F3N2O2S.BrH/c1-16-5-8-18(9-6-16)21-14-33-24(29-20-4-2-3-19(12-20)25(26,27)28)30(21)13-17-7-10-22-23(11-17)32-15-31-22;/h2-12,14H,13,15H2,1H3;1H. The predicted molar refractivity (Wildman–Crippen MR) is 131 cm³/mol. The summed E-state index contributed by atoms with van der Waals surface area (Å²) in [5.74, 6) is 1.37. The van der Waals surface area contributed by atoms with Crippen LogP contribution in [0.4, 0.5) is 18.9 Å². The molecular weight excluding hydrogens is 529 g/mol. The number of aryl methyl sites for hydroxylation is 1. The lowest BCUT2D eigenvalue weighted by molar-refractivity contribution is -0.137. The van der Waals surface area contributed by atoms with Crippen LogP contribution in [0, 0.1) is 6.92 Å². The third kappa shape index (κ3) is 5.05. The maximum atomic E-state index is 13.2. The first-order chi connectivity index (χ1) is 15.9. The first-order valence-electron chi connectivity index (χ1n) is 10.2. The zero-order valence-corrected chi connectivity index (χ0v) is 20.5. The summed E-state index contributed by atoms with van der Waals surface area (Å²) in [6, 6.07) is 18.9. The molecule has 0 fully saturated rings.